The number of hydrogen-bond acceptors (Lipinski definition) is 4. The summed E-state index contributed by atoms with van der Waals surface area (Å²) in [6, 6.07) is 21.3. The minimum absolute atomic E-state index is 0.0629. The number of amides is 1. The highest BCUT2D eigenvalue weighted by Gasteiger charge is 2.70. The van der Waals surface area contributed by atoms with Crippen LogP contribution < -0.4 is 10.2 Å². The highest BCUT2D eigenvalue weighted by atomic mass is 79.9. The van der Waals surface area contributed by atoms with Crippen molar-refractivity contribution in [2.24, 2.45) is 11.3 Å². The summed E-state index contributed by atoms with van der Waals surface area (Å²) in [6.45, 7) is 5.64. The van der Waals surface area contributed by atoms with Gasteiger partial charge in [-0.3, -0.25) is 14.4 Å². The summed E-state index contributed by atoms with van der Waals surface area (Å²) in [4.78, 5) is 45.2. The molecule has 0 unspecified atom stereocenters. The lowest BCUT2D eigenvalue weighted by atomic mass is 9.63. The molecule has 1 spiro atoms. The molecule has 3 aromatic carbocycles. The number of anilines is 2. The highest BCUT2D eigenvalue weighted by molar-refractivity contribution is 9.10. The number of hydrogen-bond donors (Lipinski definition) is 1. The molecule has 37 heavy (non-hydrogen) atoms. The van der Waals surface area contributed by atoms with Gasteiger partial charge in [-0.15, -0.1) is 0 Å². The normalized spacial score (nSPS) is 25.5. The van der Waals surface area contributed by atoms with Crippen molar-refractivity contribution in [3.8, 4) is 0 Å². The summed E-state index contributed by atoms with van der Waals surface area (Å²) in [5, 5.41) is 3.06. The summed E-state index contributed by atoms with van der Waals surface area (Å²) in [5.74, 6) is -1.44. The lowest BCUT2D eigenvalue weighted by Crippen LogP contribution is -2.51. The monoisotopic (exact) mass is 554 g/mol. The zero-order chi connectivity index (χ0) is 26.1. The largest absolute Gasteiger partial charge is 0.352 e. The molecule has 3 aromatic rings. The van der Waals surface area contributed by atoms with Crippen LogP contribution in [0.25, 0.3) is 6.08 Å². The first-order valence-electron chi connectivity index (χ1n) is 12.5. The molecule has 0 radical (unpaired) electrons. The van der Waals surface area contributed by atoms with Gasteiger partial charge in [-0.05, 0) is 35.4 Å². The zero-order valence-corrected chi connectivity index (χ0v) is 22.5. The molecular weight excluding hydrogens is 528 g/mol. The summed E-state index contributed by atoms with van der Waals surface area (Å²) in [7, 11) is 0. The Morgan fingerprint density at radius 2 is 1.62 bits per heavy atom. The molecule has 4 atom stereocenters. The Labute approximate surface area is 224 Å². The number of nitrogens with zero attached hydrogens (tertiary/aromatic N) is 1. The molecule has 0 saturated carbocycles. The van der Waals surface area contributed by atoms with Crippen molar-refractivity contribution >= 4 is 50.9 Å². The fraction of sp³-hybridized carbons (Fsp3) is 0.258. The summed E-state index contributed by atoms with van der Waals surface area (Å²) >= 11 is 3.45. The number of para-hydroxylation sites is 2. The number of rotatable bonds is 3. The van der Waals surface area contributed by atoms with E-state index in [1.165, 1.54) is 0 Å². The third kappa shape index (κ3) is 3.31. The first-order chi connectivity index (χ1) is 17.7. The van der Waals surface area contributed by atoms with Gasteiger partial charge in [-0.25, -0.2) is 0 Å². The number of benzene rings is 3. The van der Waals surface area contributed by atoms with E-state index in [2.05, 4.69) is 21.2 Å². The average molecular weight is 555 g/mol. The number of carbonyl (C=O) groups is 3. The third-order valence-corrected chi connectivity index (χ3v) is 8.49. The van der Waals surface area contributed by atoms with Crippen LogP contribution >= 0.6 is 15.9 Å². The van der Waals surface area contributed by atoms with Gasteiger partial charge in [0.2, 0.25) is 5.91 Å². The molecule has 1 saturated heterocycles. The maximum Gasteiger partial charge on any atom is 0.238 e. The molecule has 0 aliphatic carbocycles. The smallest absolute Gasteiger partial charge is 0.238 e. The molecule has 0 bridgehead atoms. The summed E-state index contributed by atoms with van der Waals surface area (Å²) in [6.07, 6.45) is 4.01. The molecular formula is C31H27BrN2O3. The van der Waals surface area contributed by atoms with E-state index >= 15 is 0 Å². The molecule has 6 heteroatoms. The number of ketones is 2. The number of halogens is 1. The SMILES string of the molecule is CC(C)(C)C(=O)[C@@H]1[C@@H](C(=O)c2ccc(Br)cc2)[C@]2(C(=O)Nc3ccccc32)[C@H]2C=Cc3ccccc3N12. The van der Waals surface area contributed by atoms with Crippen LogP contribution in [0, 0.1) is 11.3 Å². The Kier molecular flexibility index (Phi) is 5.32. The van der Waals surface area contributed by atoms with Crippen LogP contribution in [0.4, 0.5) is 11.4 Å². The highest BCUT2D eigenvalue weighted by Crippen LogP contribution is 2.58. The standard InChI is InChI=1S/C31H27BrN2O3/c1-30(2,3)28(36)26-25(27(35)19-12-15-20(32)16-13-19)31(21-9-5-6-10-22(21)33-29(31)37)24-17-14-18-8-4-7-11-23(18)34(24)26/h4-17,24-26H,1-3H3,(H,33,37)/t24-,25+,26+,31-/m1/s1. The van der Waals surface area contributed by atoms with E-state index in [0.29, 0.717) is 11.3 Å². The molecule has 6 rings (SSSR count). The quantitative estimate of drug-likeness (QED) is 0.401. The van der Waals surface area contributed by atoms with Gasteiger partial charge in [0.15, 0.2) is 11.6 Å². The topological polar surface area (TPSA) is 66.5 Å². The van der Waals surface area contributed by atoms with E-state index in [1.54, 1.807) is 12.1 Å². The Hall–Kier alpha value is -3.51. The maximum absolute atomic E-state index is 14.6. The lowest BCUT2D eigenvalue weighted by molar-refractivity contribution is -0.128. The van der Waals surface area contributed by atoms with Crippen LogP contribution in [0.2, 0.25) is 0 Å². The number of Topliss-reactive ketones (excluding diaryl/α,β-unsaturated/α-hetero) is 2. The van der Waals surface area contributed by atoms with Gasteiger partial charge < -0.3 is 10.2 Å². The predicted molar refractivity (Wildman–Crippen MR) is 149 cm³/mol. The van der Waals surface area contributed by atoms with Crippen molar-refractivity contribution in [3.63, 3.8) is 0 Å². The van der Waals surface area contributed by atoms with E-state index in [4.69, 9.17) is 0 Å². The van der Waals surface area contributed by atoms with Gasteiger partial charge in [0.1, 0.15) is 11.5 Å². The van der Waals surface area contributed by atoms with Crippen LogP contribution in [0.3, 0.4) is 0 Å². The van der Waals surface area contributed by atoms with Crippen LogP contribution in [0.1, 0.15) is 42.3 Å². The van der Waals surface area contributed by atoms with E-state index in [-0.39, 0.29) is 17.5 Å². The first-order valence-corrected chi connectivity index (χ1v) is 13.3. The second-order valence-electron chi connectivity index (χ2n) is 11.0. The van der Waals surface area contributed by atoms with Gasteiger partial charge >= 0.3 is 0 Å². The molecule has 3 heterocycles. The summed E-state index contributed by atoms with van der Waals surface area (Å²) in [5.41, 5.74) is 1.76. The van der Waals surface area contributed by atoms with Crippen LogP contribution in [0.5, 0.6) is 0 Å². The maximum atomic E-state index is 14.6. The van der Waals surface area contributed by atoms with Gasteiger partial charge in [0.05, 0.1) is 12.0 Å². The Morgan fingerprint density at radius 3 is 2.35 bits per heavy atom. The van der Waals surface area contributed by atoms with E-state index in [9.17, 15) is 14.4 Å². The molecule has 1 amide bonds. The van der Waals surface area contributed by atoms with Crippen molar-refractivity contribution in [1.82, 2.24) is 0 Å². The van der Waals surface area contributed by atoms with Crippen molar-refractivity contribution in [2.45, 2.75) is 38.3 Å². The fourth-order valence-corrected chi connectivity index (χ4v) is 6.62. The molecule has 1 N–H and O–H groups in total. The lowest BCUT2D eigenvalue weighted by Gasteiger charge is -2.38. The summed E-state index contributed by atoms with van der Waals surface area (Å²) < 4.78 is 0.853. The van der Waals surface area contributed by atoms with Crippen LogP contribution in [0.15, 0.2) is 83.3 Å². The minimum Gasteiger partial charge on any atom is -0.352 e. The predicted octanol–water partition coefficient (Wildman–Crippen LogP) is 6.04. The zero-order valence-electron chi connectivity index (χ0n) is 20.9. The Bertz CT molecular complexity index is 1490. The Balaban J connectivity index is 1.68. The van der Waals surface area contributed by atoms with Crippen molar-refractivity contribution in [1.29, 1.82) is 0 Å². The second kappa shape index (κ2) is 8.25. The van der Waals surface area contributed by atoms with Gasteiger partial charge in [-0.1, -0.05) is 97.4 Å². The van der Waals surface area contributed by atoms with E-state index in [0.717, 1.165) is 21.3 Å². The number of fused-ring (bicyclic) bond motifs is 6. The molecule has 1 fully saturated rings. The van der Waals surface area contributed by atoms with Crippen molar-refractivity contribution in [3.05, 3.63) is 100 Å². The molecule has 3 aliphatic rings. The fourth-order valence-electron chi connectivity index (χ4n) is 6.36. The van der Waals surface area contributed by atoms with E-state index in [1.807, 2.05) is 98.5 Å². The van der Waals surface area contributed by atoms with E-state index < -0.39 is 28.8 Å². The van der Waals surface area contributed by atoms with Crippen LogP contribution in [-0.2, 0) is 15.0 Å². The Morgan fingerprint density at radius 1 is 0.946 bits per heavy atom. The van der Waals surface area contributed by atoms with Gasteiger partial charge in [0, 0.05) is 26.8 Å². The second-order valence-corrected chi connectivity index (χ2v) is 12.0. The molecule has 186 valence electrons. The molecule has 3 aliphatic heterocycles. The molecule has 5 nitrogen and oxygen atoms in total. The third-order valence-electron chi connectivity index (χ3n) is 7.96. The van der Waals surface area contributed by atoms with Gasteiger partial charge in [-0.2, -0.15) is 0 Å². The van der Waals surface area contributed by atoms with Gasteiger partial charge in [0.25, 0.3) is 0 Å². The van der Waals surface area contributed by atoms with Crippen LogP contribution in [-0.4, -0.2) is 29.6 Å². The minimum atomic E-state index is -1.27. The van der Waals surface area contributed by atoms with Crippen molar-refractivity contribution in [2.75, 3.05) is 10.2 Å². The number of carbonyl (C=O) groups excluding carboxylic acids is 3. The molecule has 0 aromatic heterocycles. The van der Waals surface area contributed by atoms with Crippen molar-refractivity contribution < 1.29 is 14.4 Å². The first kappa shape index (κ1) is 23.9. The number of nitrogens with one attached hydrogen (secondary N) is 1. The average Bonchev–Trinajstić information content (AvgIpc) is 3.36.